The van der Waals surface area contributed by atoms with Crippen molar-refractivity contribution in [2.75, 3.05) is 12.4 Å². The Bertz CT molecular complexity index is 1000. The van der Waals surface area contributed by atoms with Crippen LogP contribution in [0.5, 0.6) is 5.75 Å². The second-order valence-electron chi connectivity index (χ2n) is 5.89. The number of aryl methyl sites for hydroxylation is 1. The standard InChI is InChI=1S/C20H19NO4/c1-12-17(10-14-5-4-6-15(9-14)21-13(2)22)20(23)18-11-16(24-3)7-8-19(18)25-12/h4-9,11H,10H2,1-3H3,(H,21,22). The maximum atomic E-state index is 12.9. The fourth-order valence-corrected chi connectivity index (χ4v) is 2.82. The van der Waals surface area contributed by atoms with Crippen LogP contribution in [-0.4, -0.2) is 13.0 Å². The average molecular weight is 337 g/mol. The Hall–Kier alpha value is -3.08. The molecule has 0 aliphatic carbocycles. The van der Waals surface area contributed by atoms with Crippen LogP contribution in [0.3, 0.4) is 0 Å². The molecule has 0 saturated carbocycles. The third-order valence-electron chi connectivity index (χ3n) is 4.02. The van der Waals surface area contributed by atoms with E-state index >= 15 is 0 Å². The van der Waals surface area contributed by atoms with Crippen LogP contribution >= 0.6 is 0 Å². The van der Waals surface area contributed by atoms with Gasteiger partial charge in [-0.25, -0.2) is 0 Å². The van der Waals surface area contributed by atoms with Crippen molar-refractivity contribution in [3.8, 4) is 5.75 Å². The van der Waals surface area contributed by atoms with E-state index in [9.17, 15) is 9.59 Å². The number of amides is 1. The van der Waals surface area contributed by atoms with E-state index in [0.29, 0.717) is 40.2 Å². The van der Waals surface area contributed by atoms with Gasteiger partial charge in [0.2, 0.25) is 5.91 Å². The molecule has 25 heavy (non-hydrogen) atoms. The third kappa shape index (κ3) is 3.55. The molecule has 5 heteroatoms. The molecule has 5 nitrogen and oxygen atoms in total. The molecule has 0 aliphatic rings. The summed E-state index contributed by atoms with van der Waals surface area (Å²) in [5.74, 6) is 1.07. The number of carbonyl (C=O) groups is 1. The van der Waals surface area contributed by atoms with Crippen molar-refractivity contribution in [1.82, 2.24) is 0 Å². The number of methoxy groups -OCH3 is 1. The number of nitrogens with one attached hydrogen (secondary N) is 1. The smallest absolute Gasteiger partial charge is 0.221 e. The maximum Gasteiger partial charge on any atom is 0.221 e. The molecule has 0 unspecified atom stereocenters. The molecule has 0 aliphatic heterocycles. The number of hydrogen-bond donors (Lipinski definition) is 1. The predicted octanol–water partition coefficient (Wildman–Crippen LogP) is 3.66. The highest BCUT2D eigenvalue weighted by molar-refractivity contribution is 5.88. The molecule has 3 rings (SSSR count). The first-order valence-electron chi connectivity index (χ1n) is 7.95. The van der Waals surface area contributed by atoms with Crippen molar-refractivity contribution >= 4 is 22.6 Å². The lowest BCUT2D eigenvalue weighted by molar-refractivity contribution is -0.114. The van der Waals surface area contributed by atoms with Crippen molar-refractivity contribution in [3.05, 3.63) is 69.6 Å². The molecule has 1 aromatic heterocycles. The van der Waals surface area contributed by atoms with Crippen molar-refractivity contribution in [3.63, 3.8) is 0 Å². The van der Waals surface area contributed by atoms with E-state index in [2.05, 4.69) is 5.32 Å². The summed E-state index contributed by atoms with van der Waals surface area (Å²) in [4.78, 5) is 24.1. The highest BCUT2D eigenvalue weighted by atomic mass is 16.5. The quantitative estimate of drug-likeness (QED) is 0.789. The zero-order valence-electron chi connectivity index (χ0n) is 14.4. The summed E-state index contributed by atoms with van der Waals surface area (Å²) in [6, 6.07) is 12.6. The van der Waals surface area contributed by atoms with E-state index in [1.165, 1.54) is 6.92 Å². The average Bonchev–Trinajstić information content (AvgIpc) is 2.58. The molecule has 0 spiro atoms. The number of benzene rings is 2. The van der Waals surface area contributed by atoms with Gasteiger partial charge in [-0.15, -0.1) is 0 Å². The molecule has 128 valence electrons. The van der Waals surface area contributed by atoms with Gasteiger partial charge >= 0.3 is 0 Å². The van der Waals surface area contributed by atoms with Gasteiger partial charge in [0.1, 0.15) is 17.1 Å². The number of ether oxygens (including phenoxy) is 1. The minimum absolute atomic E-state index is 0.0671. The summed E-state index contributed by atoms with van der Waals surface area (Å²) in [7, 11) is 1.56. The zero-order chi connectivity index (χ0) is 18.0. The molecule has 1 amide bonds. The number of anilines is 1. The van der Waals surface area contributed by atoms with Gasteiger partial charge in [0.25, 0.3) is 0 Å². The minimum Gasteiger partial charge on any atom is -0.497 e. The second-order valence-corrected chi connectivity index (χ2v) is 5.89. The lowest BCUT2D eigenvalue weighted by Crippen LogP contribution is -2.12. The Morgan fingerprint density at radius 2 is 2.00 bits per heavy atom. The Morgan fingerprint density at radius 1 is 1.20 bits per heavy atom. The monoisotopic (exact) mass is 337 g/mol. The zero-order valence-corrected chi connectivity index (χ0v) is 14.4. The summed E-state index contributed by atoms with van der Waals surface area (Å²) in [6.07, 6.45) is 0.425. The highest BCUT2D eigenvalue weighted by Crippen LogP contribution is 2.22. The number of fused-ring (bicyclic) bond motifs is 1. The van der Waals surface area contributed by atoms with Gasteiger partial charge in [-0.3, -0.25) is 9.59 Å². The summed E-state index contributed by atoms with van der Waals surface area (Å²) >= 11 is 0. The largest absolute Gasteiger partial charge is 0.497 e. The van der Waals surface area contributed by atoms with Crippen LogP contribution in [0.2, 0.25) is 0 Å². The summed E-state index contributed by atoms with van der Waals surface area (Å²) in [5.41, 5.74) is 2.70. The van der Waals surface area contributed by atoms with Crippen LogP contribution < -0.4 is 15.5 Å². The van der Waals surface area contributed by atoms with Crippen molar-refractivity contribution in [1.29, 1.82) is 0 Å². The molecule has 0 radical (unpaired) electrons. The first kappa shape index (κ1) is 16.8. The molecule has 0 saturated heterocycles. The summed E-state index contributed by atoms with van der Waals surface area (Å²) in [6.45, 7) is 3.25. The van der Waals surface area contributed by atoms with Gasteiger partial charge in [-0.05, 0) is 42.8 Å². The second kappa shape index (κ2) is 6.81. The van der Waals surface area contributed by atoms with Gasteiger partial charge in [-0.2, -0.15) is 0 Å². The maximum absolute atomic E-state index is 12.9. The van der Waals surface area contributed by atoms with Crippen LogP contribution in [0.4, 0.5) is 5.69 Å². The van der Waals surface area contributed by atoms with Gasteiger partial charge in [-0.1, -0.05) is 12.1 Å². The molecular weight excluding hydrogens is 318 g/mol. The topological polar surface area (TPSA) is 68.5 Å². The molecule has 1 N–H and O–H groups in total. The Balaban J connectivity index is 2.04. The lowest BCUT2D eigenvalue weighted by atomic mass is 10.0. The molecule has 0 atom stereocenters. The third-order valence-corrected chi connectivity index (χ3v) is 4.02. The van der Waals surface area contributed by atoms with Gasteiger partial charge in [0.05, 0.1) is 12.5 Å². The van der Waals surface area contributed by atoms with E-state index in [-0.39, 0.29) is 11.3 Å². The molecular formula is C20H19NO4. The first-order valence-corrected chi connectivity index (χ1v) is 7.95. The van der Waals surface area contributed by atoms with Gasteiger partial charge in [0.15, 0.2) is 5.43 Å². The van der Waals surface area contributed by atoms with E-state index in [1.54, 1.807) is 32.2 Å². The van der Waals surface area contributed by atoms with Gasteiger partial charge in [0, 0.05) is 24.6 Å². The van der Waals surface area contributed by atoms with E-state index in [1.807, 2.05) is 24.3 Å². The van der Waals surface area contributed by atoms with Crippen molar-refractivity contribution in [2.24, 2.45) is 0 Å². The normalized spacial score (nSPS) is 10.7. The summed E-state index contributed by atoms with van der Waals surface area (Å²) in [5, 5.41) is 3.25. The summed E-state index contributed by atoms with van der Waals surface area (Å²) < 4.78 is 11.0. The van der Waals surface area contributed by atoms with Crippen LogP contribution in [0.1, 0.15) is 23.8 Å². The van der Waals surface area contributed by atoms with Crippen LogP contribution in [0, 0.1) is 6.92 Å². The van der Waals surface area contributed by atoms with Crippen LogP contribution in [0.15, 0.2) is 51.7 Å². The molecule has 0 bridgehead atoms. The minimum atomic E-state index is -0.134. The van der Waals surface area contributed by atoms with E-state index in [4.69, 9.17) is 9.15 Å². The first-order chi connectivity index (χ1) is 12.0. The number of rotatable bonds is 4. The molecule has 3 aromatic rings. The van der Waals surface area contributed by atoms with E-state index in [0.717, 1.165) is 5.56 Å². The van der Waals surface area contributed by atoms with Crippen molar-refractivity contribution < 1.29 is 13.9 Å². The molecule has 1 heterocycles. The Morgan fingerprint density at radius 3 is 2.72 bits per heavy atom. The number of carbonyl (C=O) groups excluding carboxylic acids is 1. The van der Waals surface area contributed by atoms with E-state index < -0.39 is 0 Å². The van der Waals surface area contributed by atoms with Crippen LogP contribution in [-0.2, 0) is 11.2 Å². The predicted molar refractivity (Wildman–Crippen MR) is 97.3 cm³/mol. The molecule has 2 aromatic carbocycles. The Labute approximate surface area is 145 Å². The SMILES string of the molecule is COc1ccc2oc(C)c(Cc3cccc(NC(C)=O)c3)c(=O)c2c1. The highest BCUT2D eigenvalue weighted by Gasteiger charge is 2.13. The van der Waals surface area contributed by atoms with Crippen molar-refractivity contribution in [2.45, 2.75) is 20.3 Å². The fourth-order valence-electron chi connectivity index (χ4n) is 2.82. The lowest BCUT2D eigenvalue weighted by Gasteiger charge is -2.09. The van der Waals surface area contributed by atoms with Crippen LogP contribution in [0.25, 0.3) is 11.0 Å². The Kier molecular flexibility index (Phi) is 4.57. The van der Waals surface area contributed by atoms with Gasteiger partial charge < -0.3 is 14.5 Å². The number of hydrogen-bond acceptors (Lipinski definition) is 4. The molecule has 0 fully saturated rings. The fraction of sp³-hybridized carbons (Fsp3) is 0.200.